The molecule has 4 heteroatoms. The Hall–Kier alpha value is -2.33. The van der Waals surface area contributed by atoms with Gasteiger partial charge in [-0.05, 0) is 18.6 Å². The Kier molecular flexibility index (Phi) is 4.86. The zero-order valence-corrected chi connectivity index (χ0v) is 15.0. The van der Waals surface area contributed by atoms with Gasteiger partial charge in [-0.15, -0.1) is 6.58 Å². The molecule has 3 aromatic rings. The number of allylic oxidation sites excluding steroid dienone is 1. The molecular weight excluding hydrogens is 366 g/mol. The van der Waals surface area contributed by atoms with Crippen molar-refractivity contribution in [2.75, 3.05) is 0 Å². The molecule has 0 bridgehead atoms. The number of pyridine rings is 1. The molecule has 0 aliphatic carbocycles. The summed E-state index contributed by atoms with van der Waals surface area (Å²) in [6.07, 6.45) is 2.38. The van der Waals surface area contributed by atoms with Crippen molar-refractivity contribution in [3.63, 3.8) is 0 Å². The topological polar surface area (TPSA) is 31.2 Å². The van der Waals surface area contributed by atoms with E-state index in [0.717, 1.165) is 26.5 Å². The van der Waals surface area contributed by atoms with Gasteiger partial charge in [-0.2, -0.15) is 0 Å². The summed E-state index contributed by atoms with van der Waals surface area (Å²) in [5.74, 6) is 0.395. The first-order valence-corrected chi connectivity index (χ1v) is 8.50. The normalized spacial score (nSPS) is 10.8. The quantitative estimate of drug-likeness (QED) is 0.602. The maximum atomic E-state index is 12.8. The molecule has 0 radical (unpaired) electrons. The second-order valence-electron chi connectivity index (χ2n) is 5.56. The van der Waals surface area contributed by atoms with Crippen molar-refractivity contribution in [2.24, 2.45) is 7.05 Å². The van der Waals surface area contributed by atoms with E-state index in [4.69, 9.17) is 4.74 Å². The predicted molar refractivity (Wildman–Crippen MR) is 102 cm³/mol. The summed E-state index contributed by atoms with van der Waals surface area (Å²) < 4.78 is 8.57. The van der Waals surface area contributed by atoms with Gasteiger partial charge in [0.2, 0.25) is 0 Å². The van der Waals surface area contributed by atoms with Gasteiger partial charge in [0.05, 0.1) is 5.52 Å². The van der Waals surface area contributed by atoms with Gasteiger partial charge >= 0.3 is 0 Å². The highest BCUT2D eigenvalue weighted by molar-refractivity contribution is 9.10. The van der Waals surface area contributed by atoms with Crippen LogP contribution in [0.15, 0.2) is 70.5 Å². The monoisotopic (exact) mass is 383 g/mol. The zero-order chi connectivity index (χ0) is 17.1. The highest BCUT2D eigenvalue weighted by Gasteiger charge is 2.16. The number of fused-ring (bicyclic) bond motifs is 1. The van der Waals surface area contributed by atoms with Crippen molar-refractivity contribution < 1.29 is 4.74 Å². The second-order valence-corrected chi connectivity index (χ2v) is 6.42. The summed E-state index contributed by atoms with van der Waals surface area (Å²) in [5, 5.41) is 1.02. The van der Waals surface area contributed by atoms with Gasteiger partial charge in [-0.1, -0.05) is 58.4 Å². The van der Waals surface area contributed by atoms with E-state index < -0.39 is 0 Å². The molecular formula is C20H18BrNO2. The largest absolute Gasteiger partial charge is 0.483 e. The molecule has 2 aromatic carbocycles. The number of aromatic nitrogens is 1. The molecule has 0 N–H and O–H groups in total. The van der Waals surface area contributed by atoms with Crippen LogP contribution < -0.4 is 10.3 Å². The average Bonchev–Trinajstić information content (AvgIpc) is 2.60. The molecule has 122 valence electrons. The first kappa shape index (κ1) is 16.5. The Labute approximate surface area is 149 Å². The fraction of sp³-hybridized carbons (Fsp3) is 0.150. The van der Waals surface area contributed by atoms with Crippen LogP contribution in [0.1, 0.15) is 11.1 Å². The molecule has 24 heavy (non-hydrogen) atoms. The fourth-order valence-electron chi connectivity index (χ4n) is 2.80. The third kappa shape index (κ3) is 3.02. The van der Waals surface area contributed by atoms with E-state index in [1.54, 1.807) is 17.7 Å². The predicted octanol–water partition coefficient (Wildman–Crippen LogP) is 4.61. The number of rotatable bonds is 5. The standard InChI is InChI=1S/C20H18BrNO2/c1-3-8-16-15-10-5-7-12-18(15)22(2)20(23)19(16)24-13-14-9-4-6-11-17(14)21/h3-7,9-12H,1,8,13H2,2H3. The minimum Gasteiger partial charge on any atom is -0.483 e. The third-order valence-corrected chi connectivity index (χ3v) is 4.82. The lowest BCUT2D eigenvalue weighted by Gasteiger charge is -2.16. The molecule has 0 fully saturated rings. The summed E-state index contributed by atoms with van der Waals surface area (Å²) in [5.41, 5.74) is 2.65. The lowest BCUT2D eigenvalue weighted by molar-refractivity contribution is 0.297. The SMILES string of the molecule is C=CCc1c(OCc2ccccc2Br)c(=O)n(C)c2ccccc12. The Morgan fingerprint density at radius 2 is 1.88 bits per heavy atom. The first-order chi connectivity index (χ1) is 11.6. The zero-order valence-electron chi connectivity index (χ0n) is 13.5. The van der Waals surface area contributed by atoms with Crippen molar-refractivity contribution in [2.45, 2.75) is 13.0 Å². The molecule has 1 heterocycles. The molecule has 0 unspecified atom stereocenters. The van der Waals surface area contributed by atoms with E-state index in [-0.39, 0.29) is 5.56 Å². The van der Waals surface area contributed by atoms with E-state index >= 15 is 0 Å². The highest BCUT2D eigenvalue weighted by Crippen LogP contribution is 2.26. The van der Waals surface area contributed by atoms with E-state index in [1.807, 2.05) is 48.5 Å². The maximum Gasteiger partial charge on any atom is 0.293 e. The molecule has 1 aromatic heterocycles. The number of ether oxygens (including phenoxy) is 1. The van der Waals surface area contributed by atoms with Crippen LogP contribution in [-0.4, -0.2) is 4.57 Å². The molecule has 3 nitrogen and oxygen atoms in total. The molecule has 0 aliphatic rings. The highest BCUT2D eigenvalue weighted by atomic mass is 79.9. The van der Waals surface area contributed by atoms with Crippen LogP contribution in [0, 0.1) is 0 Å². The van der Waals surface area contributed by atoms with E-state index in [1.165, 1.54) is 0 Å². The van der Waals surface area contributed by atoms with Crippen molar-refractivity contribution in [1.29, 1.82) is 0 Å². The smallest absolute Gasteiger partial charge is 0.293 e. The van der Waals surface area contributed by atoms with Crippen LogP contribution in [0.4, 0.5) is 0 Å². The number of aryl methyl sites for hydroxylation is 1. The number of hydrogen-bond acceptors (Lipinski definition) is 2. The molecule has 0 amide bonds. The van der Waals surface area contributed by atoms with Crippen LogP contribution in [-0.2, 0) is 20.1 Å². The third-order valence-electron chi connectivity index (χ3n) is 4.04. The summed E-state index contributed by atoms with van der Waals surface area (Å²) in [7, 11) is 1.77. The minimum atomic E-state index is -0.127. The summed E-state index contributed by atoms with van der Waals surface area (Å²) in [6, 6.07) is 15.7. The average molecular weight is 384 g/mol. The number of hydrogen-bond donors (Lipinski definition) is 0. The molecule has 0 spiro atoms. The Bertz CT molecular complexity index is 960. The molecule has 0 saturated carbocycles. The fourth-order valence-corrected chi connectivity index (χ4v) is 3.19. The second kappa shape index (κ2) is 7.05. The van der Waals surface area contributed by atoms with E-state index in [2.05, 4.69) is 22.5 Å². The van der Waals surface area contributed by atoms with Gasteiger partial charge in [-0.25, -0.2) is 0 Å². The summed E-state index contributed by atoms with van der Waals surface area (Å²) >= 11 is 3.51. The van der Waals surface area contributed by atoms with Crippen LogP contribution >= 0.6 is 15.9 Å². The van der Waals surface area contributed by atoms with Crippen molar-refractivity contribution in [3.8, 4) is 5.75 Å². The Morgan fingerprint density at radius 1 is 1.17 bits per heavy atom. The molecule has 0 aliphatic heterocycles. The lowest BCUT2D eigenvalue weighted by Crippen LogP contribution is -2.21. The van der Waals surface area contributed by atoms with Crippen LogP contribution in [0.25, 0.3) is 10.9 Å². The molecule has 3 rings (SSSR count). The first-order valence-electron chi connectivity index (χ1n) is 7.71. The van der Waals surface area contributed by atoms with E-state index in [9.17, 15) is 4.79 Å². The Balaban J connectivity index is 2.11. The number of benzene rings is 2. The van der Waals surface area contributed by atoms with E-state index in [0.29, 0.717) is 18.8 Å². The van der Waals surface area contributed by atoms with Gasteiger partial charge in [0, 0.05) is 28.0 Å². The van der Waals surface area contributed by atoms with Crippen molar-refractivity contribution >= 4 is 26.8 Å². The summed E-state index contributed by atoms with van der Waals surface area (Å²) in [6.45, 7) is 4.15. The van der Waals surface area contributed by atoms with Crippen LogP contribution in [0.3, 0.4) is 0 Å². The molecule has 0 atom stereocenters. The Morgan fingerprint density at radius 3 is 2.62 bits per heavy atom. The maximum absolute atomic E-state index is 12.8. The molecule has 0 saturated heterocycles. The summed E-state index contributed by atoms with van der Waals surface area (Å²) in [4.78, 5) is 12.8. The van der Waals surface area contributed by atoms with Gasteiger partial charge in [0.1, 0.15) is 6.61 Å². The number of halogens is 1. The van der Waals surface area contributed by atoms with Gasteiger partial charge in [-0.3, -0.25) is 4.79 Å². The van der Waals surface area contributed by atoms with Gasteiger partial charge in [0.25, 0.3) is 5.56 Å². The minimum absolute atomic E-state index is 0.127. The number of para-hydroxylation sites is 1. The van der Waals surface area contributed by atoms with Gasteiger partial charge in [0.15, 0.2) is 5.75 Å². The van der Waals surface area contributed by atoms with Crippen molar-refractivity contribution in [3.05, 3.63) is 87.1 Å². The van der Waals surface area contributed by atoms with Crippen LogP contribution in [0.5, 0.6) is 5.75 Å². The number of nitrogens with zero attached hydrogens (tertiary/aromatic N) is 1. The van der Waals surface area contributed by atoms with Gasteiger partial charge < -0.3 is 9.30 Å². The van der Waals surface area contributed by atoms with Crippen LogP contribution in [0.2, 0.25) is 0 Å². The lowest BCUT2D eigenvalue weighted by atomic mass is 10.0. The van der Waals surface area contributed by atoms with Crippen molar-refractivity contribution in [1.82, 2.24) is 4.57 Å².